The minimum Gasteiger partial charge on any atom is -0.496 e. The summed E-state index contributed by atoms with van der Waals surface area (Å²) in [6, 6.07) is 15.9. The number of carbonyl (C=O) groups excluding carboxylic acids is 1. The molecule has 3 aromatic rings. The number of hydrogen-bond donors (Lipinski definition) is 0. The molecule has 4 rings (SSSR count). The number of nitrogens with zero attached hydrogens (tertiary/aromatic N) is 3. The third-order valence-corrected chi connectivity index (χ3v) is 6.84. The molecule has 0 saturated carbocycles. The molecule has 2 aromatic carbocycles. The van der Waals surface area contributed by atoms with Crippen molar-refractivity contribution >= 4 is 40.3 Å². The zero-order valence-electron chi connectivity index (χ0n) is 19.5. The van der Waals surface area contributed by atoms with Gasteiger partial charge in [0, 0.05) is 37.1 Å². The lowest BCUT2D eigenvalue weighted by atomic mass is 10.0. The number of ether oxygens (including phenoxy) is 2. The maximum absolute atomic E-state index is 13.1. The van der Waals surface area contributed by atoms with Crippen molar-refractivity contribution in [1.29, 1.82) is 0 Å². The van der Waals surface area contributed by atoms with Crippen LogP contribution in [0.1, 0.15) is 24.5 Å². The first-order valence-corrected chi connectivity index (χ1v) is 12.4. The van der Waals surface area contributed by atoms with Crippen LogP contribution in [-0.4, -0.2) is 51.8 Å². The lowest BCUT2D eigenvalue weighted by Gasteiger charge is -2.13. The smallest absolute Gasteiger partial charge is 0.266 e. The molecule has 2 heterocycles. The average Bonchev–Trinajstić information content (AvgIpc) is 3.38. The summed E-state index contributed by atoms with van der Waals surface area (Å²) in [4.78, 5) is 15.4. The first-order chi connectivity index (χ1) is 16.5. The van der Waals surface area contributed by atoms with E-state index in [2.05, 4.69) is 0 Å². The molecule has 1 aromatic heterocycles. The highest BCUT2D eigenvalue weighted by Crippen LogP contribution is 2.35. The molecule has 1 saturated heterocycles. The molecule has 0 spiro atoms. The number of amides is 1. The van der Waals surface area contributed by atoms with E-state index in [1.165, 1.54) is 11.8 Å². The number of hydrogen-bond acceptors (Lipinski definition) is 6. The van der Waals surface area contributed by atoms with Crippen LogP contribution in [0, 0.1) is 6.92 Å². The molecule has 0 atom stereocenters. The van der Waals surface area contributed by atoms with E-state index in [1.807, 2.05) is 79.3 Å². The Labute approximate surface area is 209 Å². The summed E-state index contributed by atoms with van der Waals surface area (Å²) in [5, 5.41) is 4.87. The van der Waals surface area contributed by atoms with Crippen molar-refractivity contribution in [3.63, 3.8) is 0 Å². The molecule has 1 aliphatic rings. The van der Waals surface area contributed by atoms with Gasteiger partial charge in [0.05, 0.1) is 17.7 Å². The van der Waals surface area contributed by atoms with Crippen LogP contribution in [0.4, 0.5) is 0 Å². The van der Waals surface area contributed by atoms with Gasteiger partial charge in [0.2, 0.25) is 0 Å². The Morgan fingerprint density at radius 3 is 2.68 bits per heavy atom. The van der Waals surface area contributed by atoms with Gasteiger partial charge < -0.3 is 9.47 Å². The maximum Gasteiger partial charge on any atom is 0.266 e. The van der Waals surface area contributed by atoms with Crippen LogP contribution in [0.25, 0.3) is 23.0 Å². The second kappa shape index (κ2) is 11.0. The van der Waals surface area contributed by atoms with Crippen molar-refractivity contribution in [1.82, 2.24) is 14.7 Å². The number of thiocarbonyl (C=S) groups is 1. The van der Waals surface area contributed by atoms with Crippen molar-refractivity contribution in [2.75, 3.05) is 26.9 Å². The molecular formula is C26H27N3O3S2. The first-order valence-electron chi connectivity index (χ1n) is 11.1. The van der Waals surface area contributed by atoms with Gasteiger partial charge in [-0.05, 0) is 62.2 Å². The van der Waals surface area contributed by atoms with Gasteiger partial charge in [-0.2, -0.15) is 5.10 Å². The second-order valence-electron chi connectivity index (χ2n) is 7.78. The lowest BCUT2D eigenvalue weighted by Crippen LogP contribution is -2.29. The fourth-order valence-corrected chi connectivity index (χ4v) is 5.06. The predicted molar refractivity (Wildman–Crippen MR) is 141 cm³/mol. The number of rotatable bonds is 9. The summed E-state index contributed by atoms with van der Waals surface area (Å²) >= 11 is 6.82. The van der Waals surface area contributed by atoms with Crippen LogP contribution in [-0.2, 0) is 9.53 Å². The van der Waals surface area contributed by atoms with Crippen LogP contribution >= 0.6 is 24.0 Å². The third-order valence-electron chi connectivity index (χ3n) is 5.47. The fourth-order valence-electron chi connectivity index (χ4n) is 3.76. The summed E-state index contributed by atoms with van der Waals surface area (Å²) in [6.45, 7) is 5.79. The quantitative estimate of drug-likeness (QED) is 0.223. The molecule has 34 heavy (non-hydrogen) atoms. The second-order valence-corrected chi connectivity index (χ2v) is 9.46. The number of aryl methyl sites for hydroxylation is 1. The highest BCUT2D eigenvalue weighted by atomic mass is 32.2. The number of para-hydroxylation sites is 1. The SMILES string of the molecule is CCOCCCN1C(=O)C(=Cc2cn(-c3ccccc3)nc2-c2ccc(OC)c(C)c2)SC1=S. The Hall–Kier alpha value is -2.94. The molecule has 176 valence electrons. The molecule has 0 aliphatic carbocycles. The summed E-state index contributed by atoms with van der Waals surface area (Å²) in [5.74, 6) is 0.747. The normalized spacial score (nSPS) is 14.9. The highest BCUT2D eigenvalue weighted by Gasteiger charge is 2.32. The zero-order chi connectivity index (χ0) is 24.1. The Morgan fingerprint density at radius 1 is 1.18 bits per heavy atom. The number of carbonyl (C=O) groups is 1. The molecule has 8 heteroatoms. The van der Waals surface area contributed by atoms with E-state index in [0.29, 0.717) is 29.0 Å². The monoisotopic (exact) mass is 493 g/mol. The summed E-state index contributed by atoms with van der Waals surface area (Å²) in [6.07, 6.45) is 4.59. The van der Waals surface area contributed by atoms with Crippen molar-refractivity contribution in [2.45, 2.75) is 20.3 Å². The van der Waals surface area contributed by atoms with Crippen molar-refractivity contribution in [3.05, 3.63) is 70.8 Å². The number of aromatic nitrogens is 2. The Bertz CT molecular complexity index is 1220. The van der Waals surface area contributed by atoms with E-state index < -0.39 is 0 Å². The molecule has 1 amide bonds. The average molecular weight is 494 g/mol. The van der Waals surface area contributed by atoms with E-state index in [9.17, 15) is 4.79 Å². The molecule has 0 N–H and O–H groups in total. The largest absolute Gasteiger partial charge is 0.496 e. The van der Waals surface area contributed by atoms with E-state index in [4.69, 9.17) is 26.8 Å². The molecule has 1 aliphatic heterocycles. The van der Waals surface area contributed by atoms with Crippen LogP contribution in [0.2, 0.25) is 0 Å². The summed E-state index contributed by atoms with van der Waals surface area (Å²) < 4.78 is 13.2. The van der Waals surface area contributed by atoms with Crippen LogP contribution in [0.5, 0.6) is 5.75 Å². The Balaban J connectivity index is 1.70. The van der Waals surface area contributed by atoms with Crippen LogP contribution < -0.4 is 4.74 Å². The van der Waals surface area contributed by atoms with Gasteiger partial charge in [-0.1, -0.05) is 42.2 Å². The summed E-state index contributed by atoms with van der Waals surface area (Å²) in [5.41, 5.74) is 4.55. The number of benzene rings is 2. The minimum atomic E-state index is -0.0733. The maximum atomic E-state index is 13.1. The van der Waals surface area contributed by atoms with Gasteiger partial charge in [0.25, 0.3) is 5.91 Å². The van der Waals surface area contributed by atoms with E-state index in [0.717, 1.165) is 40.2 Å². The molecular weight excluding hydrogens is 466 g/mol. The van der Waals surface area contributed by atoms with Crippen LogP contribution in [0.15, 0.2) is 59.6 Å². The molecule has 0 unspecified atom stereocenters. The van der Waals surface area contributed by atoms with Gasteiger partial charge in [-0.25, -0.2) is 4.68 Å². The van der Waals surface area contributed by atoms with E-state index >= 15 is 0 Å². The van der Waals surface area contributed by atoms with Crippen LogP contribution in [0.3, 0.4) is 0 Å². The minimum absolute atomic E-state index is 0.0733. The van der Waals surface area contributed by atoms with Crippen molar-refractivity contribution < 1.29 is 14.3 Å². The lowest BCUT2D eigenvalue weighted by molar-refractivity contribution is -0.122. The van der Waals surface area contributed by atoms with Gasteiger partial charge in [0.1, 0.15) is 15.8 Å². The molecule has 0 bridgehead atoms. The Kier molecular flexibility index (Phi) is 7.82. The number of thioether (sulfide) groups is 1. The van der Waals surface area contributed by atoms with Gasteiger partial charge in [-0.15, -0.1) is 0 Å². The molecule has 0 radical (unpaired) electrons. The van der Waals surface area contributed by atoms with E-state index in [1.54, 1.807) is 12.0 Å². The Morgan fingerprint density at radius 2 is 1.97 bits per heavy atom. The van der Waals surface area contributed by atoms with Gasteiger partial charge in [0.15, 0.2) is 0 Å². The topological polar surface area (TPSA) is 56.6 Å². The molecule has 6 nitrogen and oxygen atoms in total. The van der Waals surface area contributed by atoms with E-state index in [-0.39, 0.29) is 5.91 Å². The highest BCUT2D eigenvalue weighted by molar-refractivity contribution is 8.26. The third kappa shape index (κ3) is 5.24. The van der Waals surface area contributed by atoms with Crippen molar-refractivity contribution in [2.24, 2.45) is 0 Å². The van der Waals surface area contributed by atoms with Crippen molar-refractivity contribution in [3.8, 4) is 22.7 Å². The predicted octanol–water partition coefficient (Wildman–Crippen LogP) is 5.48. The zero-order valence-corrected chi connectivity index (χ0v) is 21.1. The van der Waals surface area contributed by atoms with Gasteiger partial charge >= 0.3 is 0 Å². The fraction of sp³-hybridized carbons (Fsp3) is 0.269. The summed E-state index contributed by atoms with van der Waals surface area (Å²) in [7, 11) is 1.66. The molecule has 1 fully saturated rings. The van der Waals surface area contributed by atoms with Gasteiger partial charge in [-0.3, -0.25) is 9.69 Å². The standard InChI is InChI=1S/C26H27N3O3S2/c1-4-32-14-8-13-28-25(30)23(34-26(28)33)16-20-17-29(21-9-6-5-7-10-21)27-24(20)19-11-12-22(31-3)18(2)15-19/h5-7,9-12,15-17H,4,8,13-14H2,1-3H3. The first kappa shape index (κ1) is 24.2. The number of methoxy groups -OCH3 is 1.